The zero-order valence-corrected chi connectivity index (χ0v) is 17.1. The summed E-state index contributed by atoms with van der Waals surface area (Å²) in [6.45, 7) is 12.1. The highest BCUT2D eigenvalue weighted by Gasteiger charge is 2.08. The van der Waals surface area contributed by atoms with Gasteiger partial charge in [-0.1, -0.05) is 12.1 Å². The van der Waals surface area contributed by atoms with E-state index in [1.807, 2.05) is 37.6 Å². The van der Waals surface area contributed by atoms with Gasteiger partial charge in [0.1, 0.15) is 5.82 Å². The maximum atomic E-state index is 4.48. The minimum Gasteiger partial charge on any atom is -0.372 e. The van der Waals surface area contributed by atoms with Crippen LogP contribution >= 0.6 is 0 Å². The van der Waals surface area contributed by atoms with Crippen LogP contribution in [0.5, 0.6) is 0 Å². The minimum atomic E-state index is 0.631. The average molecular weight is 377 g/mol. The molecule has 7 nitrogen and oxygen atoms in total. The topological polar surface area (TPSA) is 71.2 Å². The van der Waals surface area contributed by atoms with Gasteiger partial charge >= 0.3 is 0 Å². The van der Waals surface area contributed by atoms with E-state index < -0.39 is 0 Å². The highest BCUT2D eigenvalue weighted by atomic mass is 15.3. The summed E-state index contributed by atoms with van der Waals surface area (Å²) < 4.78 is 1.81. The fraction of sp³-hybridized carbons (Fsp3) is 0.333. The predicted octanol–water partition coefficient (Wildman–Crippen LogP) is 3.88. The van der Waals surface area contributed by atoms with E-state index in [0.717, 1.165) is 35.9 Å². The Morgan fingerprint density at radius 1 is 1.04 bits per heavy atom. The van der Waals surface area contributed by atoms with Gasteiger partial charge in [0.25, 0.3) is 0 Å². The van der Waals surface area contributed by atoms with Gasteiger partial charge in [-0.05, 0) is 58.4 Å². The Kier molecular flexibility index (Phi) is 6.03. The summed E-state index contributed by atoms with van der Waals surface area (Å²) in [7, 11) is 0. The van der Waals surface area contributed by atoms with Gasteiger partial charge in [-0.25, -0.2) is 14.6 Å². The van der Waals surface area contributed by atoms with Crippen LogP contribution in [-0.4, -0.2) is 39.1 Å². The molecule has 0 unspecified atom stereocenters. The standard InChI is InChI=1S/C21H27N7/c1-6-27(7-2)19-10-8-18(9-11-19)14-22-25-20-13-21(24-17(5)23-20)28-16(4)12-15(3)26-28/h8-14H,6-7H2,1-5H3,(H,23,24,25)/b22-14+. The first-order valence-electron chi connectivity index (χ1n) is 9.53. The third-order valence-electron chi connectivity index (χ3n) is 4.47. The molecule has 0 atom stereocenters. The Bertz CT molecular complexity index is 953. The van der Waals surface area contributed by atoms with Gasteiger partial charge in [-0.15, -0.1) is 0 Å². The lowest BCUT2D eigenvalue weighted by Gasteiger charge is -2.20. The van der Waals surface area contributed by atoms with Crippen molar-refractivity contribution in [3.05, 3.63) is 59.2 Å². The number of anilines is 2. The van der Waals surface area contributed by atoms with Crippen molar-refractivity contribution < 1.29 is 0 Å². The van der Waals surface area contributed by atoms with Crippen molar-refractivity contribution in [2.75, 3.05) is 23.4 Å². The van der Waals surface area contributed by atoms with Crippen molar-refractivity contribution in [2.24, 2.45) is 5.10 Å². The lowest BCUT2D eigenvalue weighted by molar-refractivity contribution is 0.793. The van der Waals surface area contributed by atoms with Crippen molar-refractivity contribution in [3.8, 4) is 5.82 Å². The molecule has 0 radical (unpaired) electrons. The van der Waals surface area contributed by atoms with Crippen molar-refractivity contribution in [2.45, 2.75) is 34.6 Å². The second kappa shape index (κ2) is 8.65. The number of hydrogen-bond acceptors (Lipinski definition) is 6. The summed E-state index contributed by atoms with van der Waals surface area (Å²) in [5.41, 5.74) is 7.22. The Morgan fingerprint density at radius 3 is 2.36 bits per heavy atom. The first-order chi connectivity index (χ1) is 13.5. The molecule has 0 spiro atoms. The first kappa shape index (κ1) is 19.5. The predicted molar refractivity (Wildman–Crippen MR) is 115 cm³/mol. The van der Waals surface area contributed by atoms with Gasteiger partial charge in [-0.3, -0.25) is 5.43 Å². The summed E-state index contributed by atoms with van der Waals surface area (Å²) in [6.07, 6.45) is 1.78. The van der Waals surface area contributed by atoms with E-state index in [-0.39, 0.29) is 0 Å². The van der Waals surface area contributed by atoms with Crippen LogP contribution < -0.4 is 10.3 Å². The molecule has 7 heteroatoms. The van der Waals surface area contributed by atoms with Gasteiger partial charge in [0.15, 0.2) is 11.6 Å². The molecule has 1 N–H and O–H groups in total. The molecule has 0 fully saturated rings. The van der Waals surface area contributed by atoms with Gasteiger partial charge in [0.2, 0.25) is 0 Å². The normalized spacial score (nSPS) is 11.2. The second-order valence-electron chi connectivity index (χ2n) is 6.63. The second-order valence-corrected chi connectivity index (χ2v) is 6.63. The van der Waals surface area contributed by atoms with Crippen molar-refractivity contribution in [1.82, 2.24) is 19.7 Å². The van der Waals surface area contributed by atoms with Gasteiger partial charge in [-0.2, -0.15) is 10.2 Å². The zero-order chi connectivity index (χ0) is 20.1. The third-order valence-corrected chi connectivity index (χ3v) is 4.47. The van der Waals surface area contributed by atoms with Crippen LogP contribution in [0, 0.1) is 20.8 Å². The Labute approximate surface area is 166 Å². The van der Waals surface area contributed by atoms with E-state index >= 15 is 0 Å². The summed E-state index contributed by atoms with van der Waals surface area (Å²) in [5, 5.41) is 8.80. The molecule has 0 saturated heterocycles. The fourth-order valence-electron chi connectivity index (χ4n) is 3.11. The van der Waals surface area contributed by atoms with Crippen LogP contribution in [0.15, 0.2) is 41.5 Å². The van der Waals surface area contributed by atoms with E-state index in [9.17, 15) is 0 Å². The number of nitrogens with one attached hydrogen (secondary N) is 1. The molecular formula is C21H27N7. The largest absolute Gasteiger partial charge is 0.372 e. The number of hydrogen-bond donors (Lipinski definition) is 1. The van der Waals surface area contributed by atoms with Crippen LogP contribution in [-0.2, 0) is 0 Å². The van der Waals surface area contributed by atoms with Crippen LogP contribution in [0.2, 0.25) is 0 Å². The van der Waals surface area contributed by atoms with E-state index in [2.05, 4.69) is 68.6 Å². The smallest absolute Gasteiger partial charge is 0.159 e. The lowest BCUT2D eigenvalue weighted by Crippen LogP contribution is -2.21. The zero-order valence-electron chi connectivity index (χ0n) is 17.1. The molecule has 0 amide bonds. The molecule has 0 aliphatic carbocycles. The third kappa shape index (κ3) is 4.54. The molecule has 28 heavy (non-hydrogen) atoms. The van der Waals surface area contributed by atoms with E-state index in [0.29, 0.717) is 11.6 Å². The molecule has 0 aliphatic rings. The van der Waals surface area contributed by atoms with E-state index in [1.54, 1.807) is 6.21 Å². The maximum absolute atomic E-state index is 4.48. The maximum Gasteiger partial charge on any atom is 0.159 e. The van der Waals surface area contributed by atoms with E-state index in [4.69, 9.17) is 0 Å². The van der Waals surface area contributed by atoms with Crippen LogP contribution in [0.3, 0.4) is 0 Å². The fourth-order valence-corrected chi connectivity index (χ4v) is 3.11. The van der Waals surface area contributed by atoms with Crippen LogP contribution in [0.4, 0.5) is 11.5 Å². The molecule has 2 aromatic heterocycles. The van der Waals surface area contributed by atoms with Crippen LogP contribution in [0.1, 0.15) is 36.6 Å². The molecule has 0 saturated carbocycles. The van der Waals surface area contributed by atoms with Crippen molar-refractivity contribution >= 4 is 17.7 Å². The monoisotopic (exact) mass is 377 g/mol. The molecule has 146 valence electrons. The summed E-state index contributed by atoms with van der Waals surface area (Å²) in [6, 6.07) is 12.2. The number of hydrazone groups is 1. The van der Waals surface area contributed by atoms with Gasteiger partial charge in [0.05, 0.1) is 11.9 Å². The molecule has 0 bridgehead atoms. The first-order valence-corrected chi connectivity index (χ1v) is 9.53. The number of nitrogens with zero attached hydrogens (tertiary/aromatic N) is 6. The summed E-state index contributed by atoms with van der Waals surface area (Å²) in [4.78, 5) is 11.2. The molecule has 3 aromatic rings. The average Bonchev–Trinajstić information content (AvgIpc) is 3.02. The SMILES string of the molecule is CCN(CC)c1ccc(/C=N/Nc2cc(-n3nc(C)cc3C)nc(C)n2)cc1. The molecule has 3 rings (SSSR count). The highest BCUT2D eigenvalue weighted by molar-refractivity contribution is 5.80. The van der Waals surface area contributed by atoms with Crippen LogP contribution in [0.25, 0.3) is 5.82 Å². The molecular weight excluding hydrogens is 350 g/mol. The summed E-state index contributed by atoms with van der Waals surface area (Å²) in [5.74, 6) is 2.01. The number of aromatic nitrogens is 4. The molecule has 1 aromatic carbocycles. The summed E-state index contributed by atoms with van der Waals surface area (Å²) >= 11 is 0. The quantitative estimate of drug-likeness (QED) is 0.500. The molecule has 2 heterocycles. The number of aryl methyl sites for hydroxylation is 3. The van der Waals surface area contributed by atoms with E-state index in [1.165, 1.54) is 5.69 Å². The lowest BCUT2D eigenvalue weighted by atomic mass is 10.2. The van der Waals surface area contributed by atoms with Crippen molar-refractivity contribution in [3.63, 3.8) is 0 Å². The Hall–Kier alpha value is -3.22. The number of benzene rings is 1. The minimum absolute atomic E-state index is 0.631. The molecule has 0 aliphatic heterocycles. The van der Waals surface area contributed by atoms with Gasteiger partial charge in [0, 0.05) is 30.5 Å². The Balaban J connectivity index is 1.73. The Morgan fingerprint density at radius 2 is 1.75 bits per heavy atom. The highest BCUT2D eigenvalue weighted by Crippen LogP contribution is 2.15. The van der Waals surface area contributed by atoms with Gasteiger partial charge < -0.3 is 4.90 Å². The van der Waals surface area contributed by atoms with Crippen molar-refractivity contribution in [1.29, 1.82) is 0 Å². The number of rotatable bonds is 7.